The zero-order valence-electron chi connectivity index (χ0n) is 11.0. The van der Waals surface area contributed by atoms with E-state index in [1.54, 1.807) is 6.07 Å². The highest BCUT2D eigenvalue weighted by molar-refractivity contribution is 6.30. The minimum atomic E-state index is -0.220. The third-order valence-corrected chi connectivity index (χ3v) is 4.59. The number of benzene rings is 1. The second kappa shape index (κ2) is 5.78. The second-order valence-electron chi connectivity index (χ2n) is 5.62. The van der Waals surface area contributed by atoms with Gasteiger partial charge in [0.1, 0.15) is 5.82 Å². The molecule has 1 saturated carbocycles. The van der Waals surface area contributed by atoms with Crippen molar-refractivity contribution >= 4 is 11.6 Å². The van der Waals surface area contributed by atoms with Gasteiger partial charge in [-0.3, -0.25) is 4.90 Å². The van der Waals surface area contributed by atoms with E-state index in [2.05, 4.69) is 10.2 Å². The van der Waals surface area contributed by atoms with Crippen molar-refractivity contribution in [3.05, 3.63) is 34.6 Å². The van der Waals surface area contributed by atoms with Crippen LogP contribution in [0.15, 0.2) is 18.2 Å². The molecule has 1 saturated heterocycles. The maximum Gasteiger partial charge on any atom is 0.125 e. The lowest BCUT2D eigenvalue weighted by molar-refractivity contribution is 0.0835. The first-order valence-corrected chi connectivity index (χ1v) is 7.52. The van der Waals surface area contributed by atoms with Gasteiger partial charge in [-0.1, -0.05) is 18.0 Å². The first-order valence-electron chi connectivity index (χ1n) is 7.15. The second-order valence-corrected chi connectivity index (χ2v) is 6.06. The summed E-state index contributed by atoms with van der Waals surface area (Å²) in [5, 5.41) is 3.89. The van der Waals surface area contributed by atoms with Crippen LogP contribution in [0.1, 0.15) is 30.9 Å². The lowest BCUT2D eigenvalue weighted by atomic mass is 9.76. The summed E-state index contributed by atoms with van der Waals surface area (Å²) in [4.78, 5) is 2.49. The van der Waals surface area contributed by atoms with E-state index in [1.807, 2.05) is 6.07 Å². The first kappa shape index (κ1) is 13.3. The highest BCUT2D eigenvalue weighted by Crippen LogP contribution is 2.42. The smallest absolute Gasteiger partial charge is 0.125 e. The molecule has 0 radical (unpaired) electrons. The van der Waals surface area contributed by atoms with Gasteiger partial charge in [-0.05, 0) is 42.5 Å². The molecule has 4 heteroatoms. The van der Waals surface area contributed by atoms with Gasteiger partial charge >= 0.3 is 0 Å². The summed E-state index contributed by atoms with van der Waals surface area (Å²) in [5.74, 6) is 0.443. The van der Waals surface area contributed by atoms with E-state index >= 15 is 0 Å². The Morgan fingerprint density at radius 3 is 2.53 bits per heavy atom. The molecule has 19 heavy (non-hydrogen) atoms. The molecule has 0 aromatic heterocycles. The van der Waals surface area contributed by atoms with Crippen LogP contribution in [0, 0.1) is 11.7 Å². The fourth-order valence-electron chi connectivity index (χ4n) is 3.24. The van der Waals surface area contributed by atoms with Gasteiger partial charge < -0.3 is 5.32 Å². The molecule has 2 aliphatic rings. The highest BCUT2D eigenvalue weighted by atomic mass is 35.5. The Morgan fingerprint density at radius 1 is 1.21 bits per heavy atom. The lowest BCUT2D eigenvalue weighted by Gasteiger charge is -2.43. The Hall–Kier alpha value is -0.640. The van der Waals surface area contributed by atoms with Gasteiger partial charge in [0, 0.05) is 37.2 Å². The molecule has 1 aliphatic carbocycles. The summed E-state index contributed by atoms with van der Waals surface area (Å²) in [6.45, 7) is 4.11. The number of piperazine rings is 1. The van der Waals surface area contributed by atoms with E-state index in [4.69, 9.17) is 11.6 Å². The predicted molar refractivity (Wildman–Crippen MR) is 75.9 cm³/mol. The maximum atomic E-state index is 13.6. The highest BCUT2D eigenvalue weighted by Gasteiger charge is 2.33. The summed E-state index contributed by atoms with van der Waals surface area (Å²) >= 11 is 6.03. The normalized spacial score (nSPS) is 23.1. The van der Waals surface area contributed by atoms with E-state index < -0.39 is 0 Å². The molecule has 1 N–H and O–H groups in total. The molecule has 3 rings (SSSR count). The molecule has 104 valence electrons. The Morgan fingerprint density at radius 2 is 1.95 bits per heavy atom. The van der Waals surface area contributed by atoms with Crippen molar-refractivity contribution in [2.45, 2.75) is 25.3 Å². The molecule has 0 unspecified atom stereocenters. The summed E-state index contributed by atoms with van der Waals surface area (Å²) in [6, 6.07) is 5.33. The molecule has 1 atom stereocenters. The van der Waals surface area contributed by atoms with Crippen LogP contribution in [0.3, 0.4) is 0 Å². The zero-order chi connectivity index (χ0) is 13.2. The Labute approximate surface area is 118 Å². The molecule has 0 spiro atoms. The van der Waals surface area contributed by atoms with Crippen LogP contribution >= 0.6 is 11.6 Å². The summed E-state index contributed by atoms with van der Waals surface area (Å²) < 4.78 is 13.6. The fraction of sp³-hybridized carbons (Fsp3) is 0.600. The predicted octanol–water partition coefficient (Wildman–Crippen LogP) is 3.23. The molecule has 0 bridgehead atoms. The molecule has 1 aromatic carbocycles. The average molecular weight is 283 g/mol. The van der Waals surface area contributed by atoms with Crippen molar-refractivity contribution in [1.29, 1.82) is 0 Å². The summed E-state index contributed by atoms with van der Waals surface area (Å²) in [6.07, 6.45) is 3.81. The molecule has 1 aromatic rings. The van der Waals surface area contributed by atoms with Crippen LogP contribution in [0.5, 0.6) is 0 Å². The summed E-state index contributed by atoms with van der Waals surface area (Å²) in [7, 11) is 0. The molecule has 2 fully saturated rings. The average Bonchev–Trinajstić information content (AvgIpc) is 2.33. The van der Waals surface area contributed by atoms with Gasteiger partial charge in [0.2, 0.25) is 0 Å². The molecule has 1 heterocycles. The van der Waals surface area contributed by atoms with Gasteiger partial charge in [-0.15, -0.1) is 0 Å². The van der Waals surface area contributed by atoms with Crippen molar-refractivity contribution in [3.63, 3.8) is 0 Å². The van der Waals surface area contributed by atoms with Crippen molar-refractivity contribution < 1.29 is 4.39 Å². The standard InChI is InChI=1S/C15H20ClFN2/c16-13-8-12(9-14(17)10-13)15(11-2-1-3-11)19-6-4-18-5-7-19/h8-11,15,18H,1-7H2/t15-/m1/s1. The number of nitrogens with one attached hydrogen (secondary N) is 1. The third kappa shape index (κ3) is 2.93. The minimum Gasteiger partial charge on any atom is -0.314 e. The lowest BCUT2D eigenvalue weighted by Crippen LogP contribution is -2.47. The molecule has 1 aliphatic heterocycles. The molecule has 2 nitrogen and oxygen atoms in total. The Kier molecular flexibility index (Phi) is 4.06. The van der Waals surface area contributed by atoms with Gasteiger partial charge in [-0.25, -0.2) is 4.39 Å². The number of nitrogens with zero attached hydrogens (tertiary/aromatic N) is 1. The number of rotatable bonds is 3. The number of hydrogen-bond donors (Lipinski definition) is 1. The monoisotopic (exact) mass is 282 g/mol. The maximum absolute atomic E-state index is 13.6. The van der Waals surface area contributed by atoms with Crippen LogP contribution in [-0.4, -0.2) is 31.1 Å². The third-order valence-electron chi connectivity index (χ3n) is 4.37. The summed E-state index contributed by atoms with van der Waals surface area (Å²) in [5.41, 5.74) is 1.05. The Balaban J connectivity index is 1.88. The van der Waals surface area contributed by atoms with E-state index in [1.165, 1.54) is 25.3 Å². The van der Waals surface area contributed by atoms with Gasteiger partial charge in [0.15, 0.2) is 0 Å². The molecular formula is C15H20ClFN2. The van der Waals surface area contributed by atoms with Crippen LogP contribution in [0.2, 0.25) is 5.02 Å². The quantitative estimate of drug-likeness (QED) is 0.916. The van der Waals surface area contributed by atoms with Crippen molar-refractivity contribution in [2.75, 3.05) is 26.2 Å². The minimum absolute atomic E-state index is 0.220. The zero-order valence-corrected chi connectivity index (χ0v) is 11.8. The SMILES string of the molecule is Fc1cc(Cl)cc([C@@H](C2CCC2)N2CCNCC2)c1. The van der Waals surface area contributed by atoms with Crippen LogP contribution in [-0.2, 0) is 0 Å². The van der Waals surface area contributed by atoms with Crippen LogP contribution in [0.25, 0.3) is 0 Å². The molecular weight excluding hydrogens is 263 g/mol. The van der Waals surface area contributed by atoms with Crippen molar-refractivity contribution in [1.82, 2.24) is 10.2 Å². The fourth-order valence-corrected chi connectivity index (χ4v) is 3.47. The first-order chi connectivity index (χ1) is 9.24. The van der Waals surface area contributed by atoms with E-state index in [9.17, 15) is 4.39 Å². The van der Waals surface area contributed by atoms with E-state index in [-0.39, 0.29) is 5.82 Å². The van der Waals surface area contributed by atoms with E-state index in [0.717, 1.165) is 31.7 Å². The number of hydrogen-bond acceptors (Lipinski definition) is 2. The molecule has 0 amide bonds. The van der Waals surface area contributed by atoms with Gasteiger partial charge in [-0.2, -0.15) is 0 Å². The Bertz CT molecular complexity index is 422. The number of halogens is 2. The van der Waals surface area contributed by atoms with Crippen LogP contribution < -0.4 is 5.32 Å². The van der Waals surface area contributed by atoms with E-state index in [0.29, 0.717) is 17.0 Å². The van der Waals surface area contributed by atoms with Gasteiger partial charge in [0.05, 0.1) is 0 Å². The van der Waals surface area contributed by atoms with Crippen molar-refractivity contribution in [2.24, 2.45) is 5.92 Å². The topological polar surface area (TPSA) is 15.3 Å². The van der Waals surface area contributed by atoms with Gasteiger partial charge in [0.25, 0.3) is 0 Å². The largest absolute Gasteiger partial charge is 0.314 e. The van der Waals surface area contributed by atoms with Crippen LogP contribution in [0.4, 0.5) is 4.39 Å². The van der Waals surface area contributed by atoms with Crippen molar-refractivity contribution in [3.8, 4) is 0 Å².